The molecule has 3 aromatic carbocycles. The van der Waals surface area contributed by atoms with Crippen molar-refractivity contribution in [3.05, 3.63) is 97.9 Å². The lowest BCUT2D eigenvalue weighted by molar-refractivity contribution is -0.0189. The third-order valence-corrected chi connectivity index (χ3v) is 6.10. The van der Waals surface area contributed by atoms with Crippen molar-refractivity contribution in [1.29, 1.82) is 0 Å². The topological polar surface area (TPSA) is 24.8 Å². The molecule has 0 amide bonds. The molecule has 0 radical (unpaired) electrons. The van der Waals surface area contributed by atoms with Crippen molar-refractivity contribution in [1.82, 2.24) is 5.01 Å². The van der Waals surface area contributed by atoms with Crippen LogP contribution in [-0.2, 0) is 0 Å². The summed E-state index contributed by atoms with van der Waals surface area (Å²) >= 11 is 16.3. The van der Waals surface area contributed by atoms with Gasteiger partial charge in [-0.2, -0.15) is 5.10 Å². The molecule has 2 unspecified atom stereocenters. The zero-order valence-electron chi connectivity index (χ0n) is 14.6. The van der Waals surface area contributed by atoms with Gasteiger partial charge in [-0.25, -0.2) is 5.01 Å². The van der Waals surface area contributed by atoms with Crippen LogP contribution in [0.3, 0.4) is 0 Å². The zero-order valence-corrected chi connectivity index (χ0v) is 17.7. The molecular formula is C22H15BrCl2N2O. The van der Waals surface area contributed by atoms with E-state index >= 15 is 0 Å². The Labute approximate surface area is 181 Å². The summed E-state index contributed by atoms with van der Waals surface area (Å²) in [5.41, 5.74) is 4.13. The van der Waals surface area contributed by atoms with Crippen molar-refractivity contribution in [3.63, 3.8) is 0 Å². The maximum Gasteiger partial charge on any atom is 0.213 e. The van der Waals surface area contributed by atoms with Gasteiger partial charge in [-0.15, -0.1) is 0 Å². The minimum absolute atomic E-state index is 0.0174. The van der Waals surface area contributed by atoms with Crippen LogP contribution in [0.1, 0.15) is 35.4 Å². The molecule has 0 bridgehead atoms. The van der Waals surface area contributed by atoms with Gasteiger partial charge in [0.05, 0.1) is 16.8 Å². The first kappa shape index (κ1) is 18.0. The quantitative estimate of drug-likeness (QED) is 0.400. The predicted molar refractivity (Wildman–Crippen MR) is 116 cm³/mol. The van der Waals surface area contributed by atoms with Crippen molar-refractivity contribution in [2.24, 2.45) is 5.10 Å². The summed E-state index contributed by atoms with van der Waals surface area (Å²) in [7, 11) is 0. The van der Waals surface area contributed by atoms with Gasteiger partial charge < -0.3 is 4.74 Å². The Morgan fingerprint density at radius 1 is 1.00 bits per heavy atom. The van der Waals surface area contributed by atoms with Gasteiger partial charge in [-0.05, 0) is 29.8 Å². The molecule has 0 saturated heterocycles. The van der Waals surface area contributed by atoms with E-state index in [4.69, 9.17) is 33.0 Å². The molecule has 0 spiro atoms. The van der Waals surface area contributed by atoms with Crippen molar-refractivity contribution < 1.29 is 4.74 Å². The lowest BCUT2D eigenvalue weighted by atomic mass is 9.96. The molecule has 0 N–H and O–H groups in total. The summed E-state index contributed by atoms with van der Waals surface area (Å²) in [6, 6.07) is 22.0. The summed E-state index contributed by atoms with van der Waals surface area (Å²) in [4.78, 5) is 0. The second-order valence-electron chi connectivity index (χ2n) is 6.84. The smallest absolute Gasteiger partial charge is 0.213 e. The molecule has 0 fully saturated rings. The maximum absolute atomic E-state index is 6.50. The van der Waals surface area contributed by atoms with Gasteiger partial charge in [0.2, 0.25) is 6.23 Å². The number of nitrogens with zero attached hydrogens (tertiary/aromatic N) is 2. The van der Waals surface area contributed by atoms with E-state index in [9.17, 15) is 0 Å². The predicted octanol–water partition coefficient (Wildman–Crippen LogP) is 7.00. The van der Waals surface area contributed by atoms with Crippen LogP contribution in [0.4, 0.5) is 0 Å². The summed E-state index contributed by atoms with van der Waals surface area (Å²) < 4.78 is 7.37. The summed E-state index contributed by atoms with van der Waals surface area (Å²) in [5, 5.41) is 8.10. The molecule has 0 aliphatic carbocycles. The minimum atomic E-state index is -0.356. The lowest BCUT2D eigenvalue weighted by Crippen LogP contribution is -2.33. The van der Waals surface area contributed by atoms with E-state index in [0.717, 1.165) is 33.3 Å². The number of benzene rings is 3. The van der Waals surface area contributed by atoms with E-state index < -0.39 is 0 Å². The monoisotopic (exact) mass is 472 g/mol. The van der Waals surface area contributed by atoms with E-state index in [1.165, 1.54) is 0 Å². The number of rotatable bonds is 2. The summed E-state index contributed by atoms with van der Waals surface area (Å²) in [5.74, 6) is 0.685. The van der Waals surface area contributed by atoms with E-state index in [1.807, 2.05) is 53.5 Å². The molecule has 5 rings (SSSR count). The molecule has 0 aromatic heterocycles. The number of hydrazone groups is 1. The Kier molecular flexibility index (Phi) is 4.58. The number of fused-ring (bicyclic) bond motifs is 3. The summed E-state index contributed by atoms with van der Waals surface area (Å²) in [6.45, 7) is 0. The van der Waals surface area contributed by atoms with Crippen molar-refractivity contribution >= 4 is 44.8 Å². The highest BCUT2D eigenvalue weighted by molar-refractivity contribution is 9.10. The van der Waals surface area contributed by atoms with Crippen LogP contribution in [0.15, 0.2) is 76.3 Å². The largest absolute Gasteiger partial charge is 0.463 e. The molecule has 2 aliphatic rings. The van der Waals surface area contributed by atoms with Crippen molar-refractivity contribution in [2.45, 2.75) is 18.7 Å². The van der Waals surface area contributed by atoms with Crippen LogP contribution in [0, 0.1) is 0 Å². The van der Waals surface area contributed by atoms with E-state index in [1.54, 1.807) is 6.07 Å². The third-order valence-electron chi connectivity index (χ3n) is 5.07. The fourth-order valence-corrected chi connectivity index (χ4v) is 4.59. The number of ether oxygens (including phenoxy) is 1. The fraction of sp³-hybridized carbons (Fsp3) is 0.136. The Balaban J connectivity index is 1.63. The first-order chi connectivity index (χ1) is 13.6. The lowest BCUT2D eigenvalue weighted by Gasteiger charge is -2.38. The Morgan fingerprint density at radius 2 is 1.75 bits per heavy atom. The second kappa shape index (κ2) is 7.11. The molecule has 2 atom stereocenters. The Hall–Kier alpha value is -2.01. The first-order valence-electron chi connectivity index (χ1n) is 8.92. The molecule has 140 valence electrons. The second-order valence-corrected chi connectivity index (χ2v) is 8.60. The molecule has 2 aliphatic heterocycles. The minimum Gasteiger partial charge on any atom is -0.463 e. The SMILES string of the molecule is Clc1cc(Cl)c2c(c1)C1CC(c3ccccc3)=NN1C(c1ccc(Br)cc1)O2. The van der Waals surface area contributed by atoms with Crippen molar-refractivity contribution in [3.8, 4) is 5.75 Å². The number of hydrogen-bond acceptors (Lipinski definition) is 3. The van der Waals surface area contributed by atoms with Gasteiger partial charge in [0.25, 0.3) is 0 Å². The molecule has 0 saturated carbocycles. The van der Waals surface area contributed by atoms with Crippen molar-refractivity contribution in [2.75, 3.05) is 0 Å². The van der Waals surface area contributed by atoms with Crippen LogP contribution in [-0.4, -0.2) is 10.7 Å². The molecule has 3 aromatic rings. The van der Waals surface area contributed by atoms with E-state index in [2.05, 4.69) is 28.1 Å². The van der Waals surface area contributed by atoms with Gasteiger partial charge in [-0.3, -0.25) is 0 Å². The highest BCUT2D eigenvalue weighted by atomic mass is 79.9. The average Bonchev–Trinajstić information content (AvgIpc) is 3.15. The normalized spacial score (nSPS) is 20.2. The van der Waals surface area contributed by atoms with Crippen LogP contribution in [0.5, 0.6) is 5.75 Å². The van der Waals surface area contributed by atoms with Gasteiger partial charge in [-0.1, -0.05) is 81.6 Å². The highest BCUT2D eigenvalue weighted by Gasteiger charge is 2.42. The highest BCUT2D eigenvalue weighted by Crippen LogP contribution is 2.50. The fourth-order valence-electron chi connectivity index (χ4n) is 3.77. The summed E-state index contributed by atoms with van der Waals surface area (Å²) in [6.07, 6.45) is 0.412. The van der Waals surface area contributed by atoms with Gasteiger partial charge in [0.1, 0.15) is 5.75 Å². The molecule has 3 nitrogen and oxygen atoms in total. The van der Waals surface area contributed by atoms with E-state index in [-0.39, 0.29) is 12.3 Å². The Bertz CT molecular complexity index is 1070. The number of hydrogen-bond donors (Lipinski definition) is 0. The molecule has 2 heterocycles. The van der Waals surface area contributed by atoms with Crippen LogP contribution in [0.25, 0.3) is 0 Å². The molecular weight excluding hydrogens is 459 g/mol. The van der Waals surface area contributed by atoms with Crippen LogP contribution in [0.2, 0.25) is 10.0 Å². The van der Waals surface area contributed by atoms with Gasteiger partial charge in [0.15, 0.2) is 0 Å². The molecule has 6 heteroatoms. The van der Waals surface area contributed by atoms with E-state index in [0.29, 0.717) is 15.8 Å². The first-order valence-corrected chi connectivity index (χ1v) is 10.5. The average molecular weight is 474 g/mol. The standard InChI is InChI=1S/C22H15BrCl2N2O/c23-15-8-6-14(7-9-15)22-27-20(12-19(26-27)13-4-2-1-3-5-13)17-10-16(24)11-18(25)21(17)28-22/h1-11,20,22H,12H2. The van der Waals surface area contributed by atoms with Gasteiger partial charge in [0, 0.05) is 27.0 Å². The molecule has 28 heavy (non-hydrogen) atoms. The maximum atomic E-state index is 6.50. The van der Waals surface area contributed by atoms with Crippen LogP contribution >= 0.6 is 39.1 Å². The van der Waals surface area contributed by atoms with Gasteiger partial charge >= 0.3 is 0 Å². The zero-order chi connectivity index (χ0) is 19.3. The Morgan fingerprint density at radius 3 is 2.50 bits per heavy atom. The third kappa shape index (κ3) is 3.10. The number of halogens is 3. The van der Waals surface area contributed by atoms with Crippen LogP contribution < -0.4 is 4.74 Å².